The average molecular weight is 318 g/mol. The van der Waals surface area contributed by atoms with Gasteiger partial charge in [-0.3, -0.25) is 15.0 Å². The second-order valence-electron chi connectivity index (χ2n) is 6.28. The van der Waals surface area contributed by atoms with Gasteiger partial charge < -0.3 is 10.6 Å². The second kappa shape index (κ2) is 6.54. The molecule has 0 atom stereocenters. The van der Waals surface area contributed by atoms with E-state index in [0.29, 0.717) is 25.1 Å². The largest absolute Gasteiger partial charge is 0.351 e. The van der Waals surface area contributed by atoms with Crippen molar-refractivity contribution in [3.8, 4) is 0 Å². The van der Waals surface area contributed by atoms with Crippen LogP contribution in [-0.4, -0.2) is 44.7 Å². The molecule has 2 aliphatic rings. The Morgan fingerprint density at radius 2 is 2.04 bits per heavy atom. The summed E-state index contributed by atoms with van der Waals surface area (Å²) < 4.78 is 0. The fraction of sp³-hybridized carbons (Fsp3) is 0.562. The predicted molar refractivity (Wildman–Crippen MR) is 82.8 cm³/mol. The van der Waals surface area contributed by atoms with Gasteiger partial charge in [-0.25, -0.2) is 9.86 Å². The maximum Gasteiger partial charge on any atom is 0.315 e. The van der Waals surface area contributed by atoms with E-state index in [1.807, 2.05) is 0 Å². The van der Waals surface area contributed by atoms with Crippen molar-refractivity contribution in [2.24, 2.45) is 5.73 Å². The first kappa shape index (κ1) is 15.7. The molecule has 0 aromatic carbocycles. The molecule has 2 heterocycles. The Labute approximate surface area is 135 Å². The highest BCUT2D eigenvalue weighted by atomic mass is 16.5. The van der Waals surface area contributed by atoms with Gasteiger partial charge in [0.15, 0.2) is 0 Å². The summed E-state index contributed by atoms with van der Waals surface area (Å²) in [6.07, 6.45) is 7.01. The maximum absolute atomic E-state index is 12.5. The minimum absolute atomic E-state index is 0.116. The Morgan fingerprint density at radius 3 is 2.74 bits per heavy atom. The summed E-state index contributed by atoms with van der Waals surface area (Å²) in [5.41, 5.74) is 7.36. The van der Waals surface area contributed by atoms with Gasteiger partial charge in [-0.15, -0.1) is 0 Å². The van der Waals surface area contributed by atoms with E-state index in [-0.39, 0.29) is 6.04 Å². The van der Waals surface area contributed by atoms with E-state index in [1.165, 1.54) is 11.1 Å². The smallest absolute Gasteiger partial charge is 0.315 e. The van der Waals surface area contributed by atoms with Crippen LogP contribution in [0.3, 0.4) is 0 Å². The number of urea groups is 1. The average Bonchev–Trinajstić information content (AvgIpc) is 2.60. The molecule has 7 heteroatoms. The number of aromatic nitrogens is 1. The first-order valence-electron chi connectivity index (χ1n) is 8.11. The van der Waals surface area contributed by atoms with Crippen molar-refractivity contribution in [3.63, 3.8) is 0 Å². The van der Waals surface area contributed by atoms with Crippen LogP contribution in [0.25, 0.3) is 0 Å². The summed E-state index contributed by atoms with van der Waals surface area (Å²) >= 11 is 0. The topological polar surface area (TPSA) is 99.8 Å². The van der Waals surface area contributed by atoms with Gasteiger partial charge in [0.05, 0.1) is 11.6 Å². The number of rotatable bonds is 2. The van der Waals surface area contributed by atoms with Crippen molar-refractivity contribution in [1.29, 1.82) is 0 Å². The highest BCUT2D eigenvalue weighted by Crippen LogP contribution is 2.24. The number of carbonyl (C=O) groups is 2. The zero-order valence-corrected chi connectivity index (χ0v) is 13.1. The third-order valence-corrected chi connectivity index (χ3v) is 4.73. The van der Waals surface area contributed by atoms with Gasteiger partial charge in [-0.1, -0.05) is 19.3 Å². The van der Waals surface area contributed by atoms with Gasteiger partial charge in [0.1, 0.15) is 0 Å². The summed E-state index contributed by atoms with van der Waals surface area (Å²) in [7, 11) is 0. The van der Waals surface area contributed by atoms with Crippen molar-refractivity contribution < 1.29 is 14.8 Å². The third-order valence-electron chi connectivity index (χ3n) is 4.73. The Kier molecular flexibility index (Phi) is 4.47. The Hall–Kier alpha value is -2.15. The van der Waals surface area contributed by atoms with Crippen LogP contribution in [0.15, 0.2) is 12.3 Å². The van der Waals surface area contributed by atoms with E-state index >= 15 is 0 Å². The van der Waals surface area contributed by atoms with Crippen molar-refractivity contribution in [1.82, 2.24) is 14.9 Å². The third kappa shape index (κ3) is 3.29. The minimum atomic E-state index is -0.474. The molecular formula is C16H22N4O3. The molecule has 23 heavy (non-hydrogen) atoms. The van der Waals surface area contributed by atoms with Gasteiger partial charge in [-0.2, -0.15) is 0 Å². The number of amides is 3. The van der Waals surface area contributed by atoms with Crippen LogP contribution in [0.2, 0.25) is 0 Å². The number of hydrogen-bond donors (Lipinski definition) is 2. The fourth-order valence-electron chi connectivity index (χ4n) is 3.35. The molecule has 0 radical (unpaired) electrons. The van der Waals surface area contributed by atoms with E-state index in [1.54, 1.807) is 6.07 Å². The minimum Gasteiger partial charge on any atom is -0.351 e. The molecule has 1 aromatic heterocycles. The molecule has 3 rings (SSSR count). The number of primary amides is 1. The molecule has 0 unspecified atom stereocenters. The normalized spacial score (nSPS) is 18.4. The summed E-state index contributed by atoms with van der Waals surface area (Å²) in [4.78, 5) is 29.6. The number of pyridine rings is 1. The lowest BCUT2D eigenvalue weighted by Crippen LogP contribution is -2.40. The maximum atomic E-state index is 12.5. The number of hydrogen-bond acceptors (Lipinski definition) is 4. The van der Waals surface area contributed by atoms with Crippen molar-refractivity contribution in [3.05, 3.63) is 29.1 Å². The van der Waals surface area contributed by atoms with Crippen molar-refractivity contribution in [2.45, 2.75) is 51.1 Å². The number of hydroxylamine groups is 2. The molecule has 1 aromatic rings. The van der Waals surface area contributed by atoms with Crippen LogP contribution < -0.4 is 5.73 Å². The zero-order valence-electron chi connectivity index (χ0n) is 13.1. The zero-order chi connectivity index (χ0) is 16.4. The van der Waals surface area contributed by atoms with Crippen LogP contribution in [0.5, 0.6) is 0 Å². The SMILES string of the molecule is NC(=O)N1CCc2ncc(C(=O)N(O)C3CCCCC3)cc2C1. The van der Waals surface area contributed by atoms with Gasteiger partial charge in [0.25, 0.3) is 5.91 Å². The monoisotopic (exact) mass is 318 g/mol. The number of carbonyl (C=O) groups excluding carboxylic acids is 2. The molecule has 1 aliphatic carbocycles. The fourth-order valence-corrected chi connectivity index (χ4v) is 3.35. The summed E-state index contributed by atoms with van der Waals surface area (Å²) in [6, 6.07) is 1.12. The van der Waals surface area contributed by atoms with E-state index in [9.17, 15) is 14.8 Å². The Balaban J connectivity index is 1.76. The lowest BCUT2D eigenvalue weighted by Gasteiger charge is -2.30. The van der Waals surface area contributed by atoms with E-state index in [0.717, 1.165) is 48.4 Å². The van der Waals surface area contributed by atoms with Gasteiger partial charge in [-0.05, 0) is 24.5 Å². The molecule has 3 amide bonds. The summed E-state index contributed by atoms with van der Waals surface area (Å²) in [6.45, 7) is 0.893. The van der Waals surface area contributed by atoms with Gasteiger partial charge in [0.2, 0.25) is 0 Å². The van der Waals surface area contributed by atoms with Crippen molar-refractivity contribution in [2.75, 3.05) is 6.54 Å². The van der Waals surface area contributed by atoms with Crippen molar-refractivity contribution >= 4 is 11.9 Å². The van der Waals surface area contributed by atoms with Crippen LogP contribution in [-0.2, 0) is 13.0 Å². The molecule has 1 saturated carbocycles. The lowest BCUT2D eigenvalue weighted by molar-refractivity contribution is -0.0964. The molecule has 7 nitrogen and oxygen atoms in total. The summed E-state index contributed by atoms with van der Waals surface area (Å²) in [5.74, 6) is -0.427. The Bertz CT molecular complexity index is 613. The molecule has 1 fully saturated rings. The standard InChI is InChI=1S/C16H22N4O3/c17-16(22)19-7-6-14-12(10-19)8-11(9-18-14)15(21)20(23)13-4-2-1-3-5-13/h8-9,13,23H,1-7,10H2,(H2,17,22). The molecule has 0 bridgehead atoms. The first-order chi connectivity index (χ1) is 11.1. The van der Waals surface area contributed by atoms with E-state index in [4.69, 9.17) is 5.73 Å². The molecule has 124 valence electrons. The van der Waals surface area contributed by atoms with Crippen LogP contribution >= 0.6 is 0 Å². The van der Waals surface area contributed by atoms with E-state index < -0.39 is 11.9 Å². The molecular weight excluding hydrogens is 296 g/mol. The Morgan fingerprint density at radius 1 is 1.30 bits per heavy atom. The van der Waals surface area contributed by atoms with Gasteiger partial charge >= 0.3 is 6.03 Å². The number of fused-ring (bicyclic) bond motifs is 1. The highest BCUT2D eigenvalue weighted by Gasteiger charge is 2.27. The van der Waals surface area contributed by atoms with E-state index in [2.05, 4.69) is 4.98 Å². The molecule has 0 spiro atoms. The van der Waals surface area contributed by atoms with Crippen LogP contribution in [0.1, 0.15) is 53.7 Å². The number of nitrogens with two attached hydrogens (primary N) is 1. The summed E-state index contributed by atoms with van der Waals surface area (Å²) in [5, 5.41) is 11.1. The van der Waals surface area contributed by atoms with Crippen LogP contribution in [0.4, 0.5) is 4.79 Å². The highest BCUT2D eigenvalue weighted by molar-refractivity contribution is 5.93. The molecule has 0 saturated heterocycles. The predicted octanol–water partition coefficient (Wildman–Crippen LogP) is 1.68. The molecule has 1 aliphatic heterocycles. The van der Waals surface area contributed by atoms with Gasteiger partial charge in [0, 0.05) is 31.4 Å². The second-order valence-corrected chi connectivity index (χ2v) is 6.28. The lowest BCUT2D eigenvalue weighted by atomic mass is 9.95. The van der Waals surface area contributed by atoms with Crippen LogP contribution in [0, 0.1) is 0 Å². The quantitative estimate of drug-likeness (QED) is 0.640. The number of nitrogens with zero attached hydrogens (tertiary/aromatic N) is 3. The molecule has 3 N–H and O–H groups in total. The first-order valence-corrected chi connectivity index (χ1v) is 8.11.